The Morgan fingerprint density at radius 3 is 1.85 bits per heavy atom. The lowest BCUT2D eigenvalue weighted by atomic mass is 9.96. The van der Waals surface area contributed by atoms with Crippen LogP contribution in [0.5, 0.6) is 5.75 Å². The number of nitrogens with zero attached hydrogens (tertiary/aromatic N) is 3. The number of nitro benzene ring substituents is 3. The Kier molecular flexibility index (Phi) is 8.88. The second-order valence-corrected chi connectivity index (χ2v) is 8.31. The van der Waals surface area contributed by atoms with Crippen molar-refractivity contribution in [3.05, 3.63) is 42.5 Å². The smallest absolute Gasteiger partial charge is 0.336 e. The van der Waals surface area contributed by atoms with Gasteiger partial charge in [-0.25, -0.2) is 0 Å². The normalized spacial score (nSPS) is 34.3. The summed E-state index contributed by atoms with van der Waals surface area (Å²) in [5.41, 5.74) is -4.08. The second-order valence-electron chi connectivity index (χ2n) is 8.31. The number of aliphatic hydroxyl groups is 6. The van der Waals surface area contributed by atoms with Gasteiger partial charge in [-0.15, -0.1) is 0 Å². The van der Waals surface area contributed by atoms with Crippen LogP contribution in [0.2, 0.25) is 0 Å². The second kappa shape index (κ2) is 11.4. The summed E-state index contributed by atoms with van der Waals surface area (Å²) >= 11 is 0. The molecule has 9 atom stereocenters. The largest absolute Gasteiger partial charge is 0.445 e. The Hall–Kier alpha value is -3.28. The molecular formula is C18H21F2N3O16. The molecule has 218 valence electrons. The highest BCUT2D eigenvalue weighted by Gasteiger charge is 2.62. The maximum atomic E-state index is 15.2. The van der Waals surface area contributed by atoms with Gasteiger partial charge in [0.05, 0.1) is 40.1 Å². The van der Waals surface area contributed by atoms with Gasteiger partial charge >= 0.3 is 17.3 Å². The molecule has 21 heteroatoms. The molecule has 39 heavy (non-hydrogen) atoms. The maximum absolute atomic E-state index is 15.2. The van der Waals surface area contributed by atoms with E-state index in [1.807, 2.05) is 0 Å². The van der Waals surface area contributed by atoms with Crippen LogP contribution in [-0.2, 0) is 14.2 Å². The van der Waals surface area contributed by atoms with Crippen molar-refractivity contribution < 1.29 is 73.1 Å². The van der Waals surface area contributed by atoms with E-state index in [9.17, 15) is 61.0 Å². The van der Waals surface area contributed by atoms with E-state index in [0.717, 1.165) is 0 Å². The molecule has 2 saturated heterocycles. The van der Waals surface area contributed by atoms with Gasteiger partial charge < -0.3 is 49.6 Å². The molecule has 19 nitrogen and oxygen atoms in total. The SMILES string of the molecule is O=[N+]([O-])c1cc([N+](=O)[O-])c(O[C@H]2O[C@H](CO)[C@@H](O[C@H]3O[C@H](CO)[C@@H](O)[C@H](O)[C@H]3O)[C@H](O)C2(F)F)c([N+](=O)[O-])c1. The number of nitro groups is 3. The Morgan fingerprint density at radius 1 is 0.846 bits per heavy atom. The predicted octanol–water partition coefficient (Wildman–Crippen LogP) is -2.31. The van der Waals surface area contributed by atoms with Crippen LogP contribution in [0.15, 0.2) is 12.1 Å². The zero-order chi connectivity index (χ0) is 29.4. The number of aliphatic hydroxyl groups excluding tert-OH is 6. The van der Waals surface area contributed by atoms with E-state index in [1.54, 1.807) is 0 Å². The molecule has 0 aromatic heterocycles. The van der Waals surface area contributed by atoms with Crippen LogP contribution >= 0.6 is 0 Å². The molecule has 6 N–H and O–H groups in total. The van der Waals surface area contributed by atoms with Crippen molar-refractivity contribution >= 4 is 17.1 Å². The fraction of sp³-hybridized carbons (Fsp3) is 0.667. The Labute approximate surface area is 213 Å². The first-order chi connectivity index (χ1) is 18.1. The summed E-state index contributed by atoms with van der Waals surface area (Å²) in [6.07, 6.45) is -19.9. The lowest BCUT2D eigenvalue weighted by Gasteiger charge is -2.46. The lowest BCUT2D eigenvalue weighted by molar-refractivity contribution is -0.408. The molecule has 3 rings (SSSR count). The molecule has 2 aliphatic heterocycles. The number of ether oxygens (including phenoxy) is 4. The first-order valence-electron chi connectivity index (χ1n) is 10.7. The Morgan fingerprint density at radius 2 is 1.38 bits per heavy atom. The first kappa shape index (κ1) is 30.3. The van der Waals surface area contributed by atoms with E-state index in [1.165, 1.54) is 0 Å². The molecule has 2 fully saturated rings. The molecule has 0 aliphatic carbocycles. The fourth-order valence-electron chi connectivity index (χ4n) is 3.83. The highest BCUT2D eigenvalue weighted by molar-refractivity contribution is 5.65. The molecule has 0 radical (unpaired) electrons. The van der Waals surface area contributed by atoms with Gasteiger partial charge in [-0.3, -0.25) is 30.3 Å². The van der Waals surface area contributed by atoms with Crippen LogP contribution in [0.4, 0.5) is 25.8 Å². The van der Waals surface area contributed by atoms with Gasteiger partial charge in [-0.2, -0.15) is 8.78 Å². The van der Waals surface area contributed by atoms with Crippen LogP contribution in [0, 0.1) is 30.3 Å². The van der Waals surface area contributed by atoms with Crippen molar-refractivity contribution in [2.45, 2.75) is 61.2 Å². The molecule has 0 bridgehead atoms. The number of halogens is 2. The molecule has 0 amide bonds. The molecule has 2 aliphatic rings. The molecule has 2 heterocycles. The minimum absolute atomic E-state index is 0.203. The van der Waals surface area contributed by atoms with Gasteiger partial charge in [0.2, 0.25) is 0 Å². The first-order valence-corrected chi connectivity index (χ1v) is 10.7. The third-order valence-corrected chi connectivity index (χ3v) is 5.87. The molecule has 1 aromatic rings. The lowest BCUT2D eigenvalue weighted by Crippen LogP contribution is -2.67. The zero-order valence-electron chi connectivity index (χ0n) is 19.1. The molecule has 1 aromatic carbocycles. The molecule has 0 saturated carbocycles. The summed E-state index contributed by atoms with van der Waals surface area (Å²) in [6, 6.07) is 0.405. The van der Waals surface area contributed by atoms with Gasteiger partial charge in [0, 0.05) is 0 Å². The maximum Gasteiger partial charge on any atom is 0.336 e. The van der Waals surface area contributed by atoms with Crippen LogP contribution in [0.1, 0.15) is 0 Å². The zero-order valence-corrected chi connectivity index (χ0v) is 19.1. The molecule has 0 unspecified atom stereocenters. The van der Waals surface area contributed by atoms with Gasteiger partial charge in [0.1, 0.15) is 36.6 Å². The van der Waals surface area contributed by atoms with Crippen LogP contribution in [0.3, 0.4) is 0 Å². The van der Waals surface area contributed by atoms with Gasteiger partial charge in [-0.05, 0) is 0 Å². The molecule has 0 spiro atoms. The van der Waals surface area contributed by atoms with Crippen molar-refractivity contribution in [3.63, 3.8) is 0 Å². The van der Waals surface area contributed by atoms with Gasteiger partial charge in [0.15, 0.2) is 12.4 Å². The van der Waals surface area contributed by atoms with Crippen LogP contribution < -0.4 is 4.74 Å². The minimum atomic E-state index is -4.63. The fourth-order valence-corrected chi connectivity index (χ4v) is 3.83. The van der Waals surface area contributed by atoms with E-state index >= 15 is 8.78 Å². The van der Waals surface area contributed by atoms with Crippen LogP contribution in [-0.4, -0.2) is 120 Å². The third kappa shape index (κ3) is 5.70. The average molecular weight is 573 g/mol. The number of hydrogen-bond donors (Lipinski definition) is 6. The van der Waals surface area contributed by atoms with E-state index in [4.69, 9.17) is 18.9 Å². The number of rotatable bonds is 9. The highest BCUT2D eigenvalue weighted by Crippen LogP contribution is 2.45. The summed E-state index contributed by atoms with van der Waals surface area (Å²) in [6.45, 7) is -2.14. The van der Waals surface area contributed by atoms with E-state index in [0.29, 0.717) is 0 Å². The van der Waals surface area contributed by atoms with Crippen molar-refractivity contribution in [2.75, 3.05) is 13.2 Å². The third-order valence-electron chi connectivity index (χ3n) is 5.87. The van der Waals surface area contributed by atoms with E-state index in [-0.39, 0.29) is 12.1 Å². The topological polar surface area (TPSA) is 288 Å². The minimum Gasteiger partial charge on any atom is -0.445 e. The average Bonchev–Trinajstić information content (AvgIpc) is 2.87. The quantitative estimate of drug-likeness (QED) is 0.134. The standard InChI is InChI=1S/C18H21F2N3O16/c19-18(20)15(29)14(38-16-12(28)11(27)10(26)8(3-24)36-16)9(4-25)37-17(18)39-13-6(22(32)33)1-5(21(30)31)2-7(13)23(34)35/h1-2,8-12,14-17,24-29H,3-4H2/t8-,9-,10-,11+,12-,14-,15+,16-,17-/m1/s1. The summed E-state index contributed by atoms with van der Waals surface area (Å²) in [5, 5.41) is 92.9. The summed E-state index contributed by atoms with van der Waals surface area (Å²) < 4.78 is 50.1. The van der Waals surface area contributed by atoms with E-state index in [2.05, 4.69) is 0 Å². The highest BCUT2D eigenvalue weighted by atomic mass is 19.3. The molecular weight excluding hydrogens is 552 g/mol. The summed E-state index contributed by atoms with van der Waals surface area (Å²) in [5.74, 6) is -6.12. The van der Waals surface area contributed by atoms with Crippen LogP contribution in [0.25, 0.3) is 0 Å². The Balaban J connectivity index is 1.95. The monoisotopic (exact) mass is 573 g/mol. The predicted molar refractivity (Wildman–Crippen MR) is 112 cm³/mol. The Bertz CT molecular complexity index is 1070. The van der Waals surface area contributed by atoms with E-state index < -0.39 is 112 Å². The number of alkyl halides is 2. The van der Waals surface area contributed by atoms with Gasteiger partial charge in [-0.1, -0.05) is 0 Å². The summed E-state index contributed by atoms with van der Waals surface area (Å²) in [7, 11) is 0. The van der Waals surface area contributed by atoms with Gasteiger partial charge in [0.25, 0.3) is 17.7 Å². The van der Waals surface area contributed by atoms with Crippen molar-refractivity contribution in [1.82, 2.24) is 0 Å². The van der Waals surface area contributed by atoms with Crippen molar-refractivity contribution in [2.24, 2.45) is 0 Å². The summed E-state index contributed by atoms with van der Waals surface area (Å²) in [4.78, 5) is 29.8. The van der Waals surface area contributed by atoms with Crippen molar-refractivity contribution in [3.8, 4) is 5.75 Å². The number of benzene rings is 1. The number of hydrogen-bond acceptors (Lipinski definition) is 16. The number of non-ortho nitro benzene ring substituents is 1. The van der Waals surface area contributed by atoms with Crippen molar-refractivity contribution in [1.29, 1.82) is 0 Å².